The molecule has 308 valence electrons. The number of thiophene rings is 1. The minimum absolute atomic E-state index is 0.0193. The fourth-order valence-electron chi connectivity index (χ4n) is 14.8. The smallest absolute Gasteiger partial charge is 0.0584 e. The molecule has 64 heavy (non-hydrogen) atoms. The van der Waals surface area contributed by atoms with Crippen molar-refractivity contribution in [1.29, 1.82) is 0 Å². The molecule has 3 heterocycles. The number of hydrogen-bond acceptors (Lipinski definition) is 2. The molecule has 4 fully saturated rings. The number of benzene rings is 8. The summed E-state index contributed by atoms with van der Waals surface area (Å²) in [6.45, 7) is 4.83. The van der Waals surface area contributed by atoms with Gasteiger partial charge in [0.25, 0.3) is 0 Å². The average Bonchev–Trinajstić information content (AvgIpc) is 3.95. The minimum atomic E-state index is -0.121. The monoisotopic (exact) mass is 840 g/mol. The Labute approximate surface area is 378 Å². The van der Waals surface area contributed by atoms with Crippen molar-refractivity contribution in [1.82, 2.24) is 4.57 Å². The van der Waals surface area contributed by atoms with E-state index in [4.69, 9.17) is 0 Å². The topological polar surface area (TPSA) is 8.17 Å². The highest BCUT2D eigenvalue weighted by Crippen LogP contribution is 2.68. The Morgan fingerprint density at radius 2 is 1.14 bits per heavy atom. The number of nitrogens with zero attached hydrogens (tertiary/aromatic N) is 2. The normalized spacial score (nSPS) is 23.0. The van der Waals surface area contributed by atoms with E-state index in [0.717, 1.165) is 11.8 Å². The summed E-state index contributed by atoms with van der Waals surface area (Å²) in [6, 6.07) is 65.7. The highest BCUT2D eigenvalue weighted by atomic mass is 32.1. The van der Waals surface area contributed by atoms with Crippen molar-refractivity contribution in [2.75, 3.05) is 4.90 Å². The van der Waals surface area contributed by atoms with E-state index < -0.39 is 0 Å². The summed E-state index contributed by atoms with van der Waals surface area (Å²) in [6.07, 6.45) is 6.84. The van der Waals surface area contributed by atoms with Crippen LogP contribution in [0.2, 0.25) is 0 Å². The van der Waals surface area contributed by atoms with E-state index in [1.54, 1.807) is 11.1 Å². The molecule has 0 unspecified atom stereocenters. The first-order valence-corrected chi connectivity index (χ1v) is 24.5. The van der Waals surface area contributed by atoms with Gasteiger partial charge in [-0.1, -0.05) is 129 Å². The van der Waals surface area contributed by atoms with Crippen molar-refractivity contribution in [2.45, 2.75) is 56.8 Å². The molecule has 3 heteroatoms. The second-order valence-corrected chi connectivity index (χ2v) is 21.6. The SMILES string of the molecule is CC1(C)c2ccccc2-c2ccc(N(c3cccc(-c4cccc5c4sc4ccccc45)c3)c3cc4c5c(c3)c3ccccc3n5-c3ccccc3C43C4CC5CC(C4)CC3C5)cc21. The zero-order valence-electron chi connectivity index (χ0n) is 36.3. The van der Waals surface area contributed by atoms with Crippen LogP contribution in [0.4, 0.5) is 17.1 Å². The van der Waals surface area contributed by atoms with E-state index >= 15 is 0 Å². The molecule has 10 aromatic rings. The molecule has 0 N–H and O–H groups in total. The summed E-state index contributed by atoms with van der Waals surface area (Å²) < 4.78 is 5.35. The van der Waals surface area contributed by atoms with Gasteiger partial charge in [0.15, 0.2) is 0 Å². The van der Waals surface area contributed by atoms with E-state index in [2.05, 4.69) is 193 Å². The third-order valence-electron chi connectivity index (χ3n) is 17.1. The minimum Gasteiger partial charge on any atom is -0.310 e. The van der Waals surface area contributed by atoms with E-state index in [1.165, 1.54) is 130 Å². The van der Waals surface area contributed by atoms with Crippen LogP contribution < -0.4 is 4.90 Å². The lowest BCUT2D eigenvalue weighted by atomic mass is 9.41. The van der Waals surface area contributed by atoms with Gasteiger partial charge in [0.2, 0.25) is 0 Å². The largest absolute Gasteiger partial charge is 0.310 e. The first kappa shape index (κ1) is 36.0. The molecule has 4 saturated carbocycles. The molecule has 0 atom stereocenters. The fraction of sp³-hybridized carbons (Fsp3) is 0.213. The number of aromatic nitrogens is 1. The maximum absolute atomic E-state index is 2.70. The van der Waals surface area contributed by atoms with Crippen LogP contribution in [-0.4, -0.2) is 4.57 Å². The maximum Gasteiger partial charge on any atom is 0.0584 e. The Bertz CT molecular complexity index is 3610. The van der Waals surface area contributed by atoms with Crippen molar-refractivity contribution >= 4 is 70.4 Å². The van der Waals surface area contributed by atoms with Crippen molar-refractivity contribution in [3.63, 3.8) is 0 Å². The zero-order valence-corrected chi connectivity index (χ0v) is 37.1. The van der Waals surface area contributed by atoms with Crippen LogP contribution in [0.1, 0.15) is 68.2 Å². The molecule has 4 bridgehead atoms. The van der Waals surface area contributed by atoms with Crippen molar-refractivity contribution in [3.8, 4) is 27.9 Å². The first-order valence-electron chi connectivity index (χ1n) is 23.7. The van der Waals surface area contributed by atoms with Crippen LogP contribution in [0, 0.1) is 23.7 Å². The Hall–Kier alpha value is -6.42. The zero-order chi connectivity index (χ0) is 42.1. The molecule has 0 amide bonds. The predicted octanol–water partition coefficient (Wildman–Crippen LogP) is 16.7. The van der Waals surface area contributed by atoms with Gasteiger partial charge in [-0.3, -0.25) is 0 Å². The van der Waals surface area contributed by atoms with E-state index in [9.17, 15) is 0 Å². The average molecular weight is 841 g/mol. The molecular weight excluding hydrogens is 793 g/mol. The third-order valence-corrected chi connectivity index (χ3v) is 18.3. The van der Waals surface area contributed by atoms with E-state index in [1.807, 2.05) is 11.3 Å². The Kier molecular flexibility index (Phi) is 7.11. The molecule has 16 rings (SSSR count). The quantitative estimate of drug-likeness (QED) is 0.171. The summed E-state index contributed by atoms with van der Waals surface area (Å²) in [5, 5.41) is 5.39. The van der Waals surface area contributed by atoms with E-state index in [0.29, 0.717) is 11.8 Å². The van der Waals surface area contributed by atoms with Crippen LogP contribution in [0.15, 0.2) is 170 Å². The number of hydrogen-bond donors (Lipinski definition) is 0. The molecule has 2 aromatic heterocycles. The fourth-order valence-corrected chi connectivity index (χ4v) is 16.1. The maximum atomic E-state index is 2.70. The predicted molar refractivity (Wildman–Crippen MR) is 269 cm³/mol. The lowest BCUT2D eigenvalue weighted by molar-refractivity contribution is -0.0418. The number of fused-ring (bicyclic) bond motifs is 11. The molecule has 8 aromatic carbocycles. The van der Waals surface area contributed by atoms with Crippen molar-refractivity contribution < 1.29 is 0 Å². The summed E-state index contributed by atoms with van der Waals surface area (Å²) in [7, 11) is 0. The summed E-state index contributed by atoms with van der Waals surface area (Å²) in [5.41, 5.74) is 18.9. The molecular formula is C61H48N2S. The Morgan fingerprint density at radius 1 is 0.484 bits per heavy atom. The summed E-state index contributed by atoms with van der Waals surface area (Å²) in [5.74, 6) is 3.03. The van der Waals surface area contributed by atoms with Gasteiger partial charge in [-0.15, -0.1) is 11.3 Å². The molecule has 1 aliphatic heterocycles. The number of para-hydroxylation sites is 2. The molecule has 0 radical (unpaired) electrons. The Morgan fingerprint density at radius 3 is 2.00 bits per heavy atom. The van der Waals surface area contributed by atoms with Gasteiger partial charge < -0.3 is 9.47 Å². The molecule has 2 nitrogen and oxygen atoms in total. The first-order chi connectivity index (χ1) is 31.4. The number of rotatable bonds is 4. The van der Waals surface area contributed by atoms with Gasteiger partial charge in [0.1, 0.15) is 0 Å². The second-order valence-electron chi connectivity index (χ2n) is 20.5. The molecule has 6 aliphatic rings. The lowest BCUT2D eigenvalue weighted by Gasteiger charge is -2.63. The van der Waals surface area contributed by atoms with Crippen LogP contribution in [0.5, 0.6) is 0 Å². The summed E-state index contributed by atoms with van der Waals surface area (Å²) >= 11 is 1.92. The molecule has 0 saturated heterocycles. The van der Waals surface area contributed by atoms with Gasteiger partial charge >= 0.3 is 0 Å². The summed E-state index contributed by atoms with van der Waals surface area (Å²) in [4.78, 5) is 2.63. The molecule has 1 spiro atoms. The van der Waals surface area contributed by atoms with Gasteiger partial charge in [-0.2, -0.15) is 0 Å². The Balaban J connectivity index is 1.02. The van der Waals surface area contributed by atoms with E-state index in [-0.39, 0.29) is 10.8 Å². The van der Waals surface area contributed by atoms with Gasteiger partial charge in [0, 0.05) is 58.8 Å². The van der Waals surface area contributed by atoms with Crippen molar-refractivity contribution in [2.24, 2.45) is 23.7 Å². The van der Waals surface area contributed by atoms with Crippen molar-refractivity contribution in [3.05, 3.63) is 192 Å². The lowest BCUT2D eigenvalue weighted by Crippen LogP contribution is -2.57. The number of anilines is 3. The highest BCUT2D eigenvalue weighted by molar-refractivity contribution is 7.26. The van der Waals surface area contributed by atoms with Gasteiger partial charge in [-0.05, 0) is 155 Å². The van der Waals surface area contributed by atoms with Gasteiger partial charge in [0.05, 0.1) is 16.7 Å². The molecule has 5 aliphatic carbocycles. The van der Waals surface area contributed by atoms with Crippen LogP contribution >= 0.6 is 11.3 Å². The second kappa shape index (κ2) is 12.6. The van der Waals surface area contributed by atoms with Crippen LogP contribution in [0.3, 0.4) is 0 Å². The third kappa shape index (κ3) is 4.56. The van der Waals surface area contributed by atoms with Gasteiger partial charge in [-0.25, -0.2) is 0 Å². The van der Waals surface area contributed by atoms with Crippen LogP contribution in [0.25, 0.3) is 69.9 Å². The standard InChI is InChI=1S/C61H48N2S/c1-60(2)51-20-6-3-15-45(51)46-26-25-42(34-53(46)60)62(41-14-11-13-38(32-41)44-18-12-19-49-48-17-5-10-24-57(48)64-59(44)49)43-33-50-47-16-4-8-22-55(47)63-56-23-9-7-21-52(56)61(54(35-43)58(50)63)39-28-36-27-37(30-39)31-40(61)29-36/h3-26,32-37,39-40H,27-31H2,1-2H3. The highest BCUT2D eigenvalue weighted by Gasteiger charge is 2.61. The van der Waals surface area contributed by atoms with Crippen LogP contribution in [-0.2, 0) is 10.8 Å².